The first kappa shape index (κ1) is 11.4. The number of hydrogen-bond donors (Lipinski definition) is 2. The number of rotatable bonds is 2. The minimum atomic E-state index is -1.41. The van der Waals surface area contributed by atoms with Gasteiger partial charge in [-0.25, -0.2) is 4.98 Å². The minimum absolute atomic E-state index is 0.503. The maximum absolute atomic E-state index is 9.10. The van der Waals surface area contributed by atoms with Crippen molar-refractivity contribution in [1.29, 1.82) is 0 Å². The molecule has 0 bridgehead atoms. The van der Waals surface area contributed by atoms with Crippen LogP contribution >= 0.6 is 0 Å². The third-order valence-electron chi connectivity index (χ3n) is 3.18. The fourth-order valence-electron chi connectivity index (χ4n) is 2.01. The van der Waals surface area contributed by atoms with Crippen molar-refractivity contribution in [2.75, 3.05) is 18.0 Å². The lowest BCUT2D eigenvalue weighted by Gasteiger charge is -2.31. The van der Waals surface area contributed by atoms with E-state index in [1.54, 1.807) is 18.3 Å². The maximum atomic E-state index is 9.10. The van der Waals surface area contributed by atoms with Crippen LogP contribution in [0.1, 0.15) is 19.8 Å². The fourth-order valence-corrected chi connectivity index (χ4v) is 2.01. The second kappa shape index (κ2) is 4.85. The Bertz CT molecular complexity index is 352. The molecule has 0 spiro atoms. The first-order valence-corrected chi connectivity index (χ1v) is 5.74. The highest BCUT2D eigenvalue weighted by Gasteiger charge is 2.18. The van der Waals surface area contributed by atoms with Gasteiger partial charge in [-0.1, -0.05) is 6.92 Å². The van der Waals surface area contributed by atoms with Crippen LogP contribution in [0.5, 0.6) is 0 Å². The van der Waals surface area contributed by atoms with E-state index in [0.29, 0.717) is 5.46 Å². The first-order chi connectivity index (χ1) is 7.66. The monoisotopic (exact) mass is 220 g/mol. The van der Waals surface area contributed by atoms with Gasteiger partial charge in [0.25, 0.3) is 0 Å². The van der Waals surface area contributed by atoms with Crippen LogP contribution in [0.3, 0.4) is 0 Å². The van der Waals surface area contributed by atoms with Gasteiger partial charge in [0.05, 0.1) is 0 Å². The van der Waals surface area contributed by atoms with Crippen LogP contribution in [0.4, 0.5) is 5.82 Å². The lowest BCUT2D eigenvalue weighted by Crippen LogP contribution is -2.36. The predicted molar refractivity (Wildman–Crippen MR) is 64.7 cm³/mol. The fraction of sp³-hybridized carbons (Fsp3) is 0.545. The summed E-state index contributed by atoms with van der Waals surface area (Å²) < 4.78 is 0. The molecule has 4 nitrogen and oxygen atoms in total. The van der Waals surface area contributed by atoms with Crippen LogP contribution in [0.2, 0.25) is 0 Å². The molecule has 1 saturated heterocycles. The summed E-state index contributed by atoms with van der Waals surface area (Å²) in [5.41, 5.74) is 0.503. The van der Waals surface area contributed by atoms with Crippen molar-refractivity contribution < 1.29 is 10.0 Å². The van der Waals surface area contributed by atoms with Gasteiger partial charge in [-0.2, -0.15) is 0 Å². The van der Waals surface area contributed by atoms with Gasteiger partial charge < -0.3 is 14.9 Å². The Balaban J connectivity index is 2.11. The van der Waals surface area contributed by atoms with Gasteiger partial charge in [0.15, 0.2) is 0 Å². The second-order valence-electron chi connectivity index (χ2n) is 4.49. The molecular formula is C11H17BN2O2. The molecule has 0 saturated carbocycles. The van der Waals surface area contributed by atoms with E-state index < -0.39 is 7.12 Å². The summed E-state index contributed by atoms with van der Waals surface area (Å²) in [7, 11) is -1.41. The zero-order chi connectivity index (χ0) is 11.5. The number of hydrogen-bond acceptors (Lipinski definition) is 4. The second-order valence-corrected chi connectivity index (χ2v) is 4.49. The SMILES string of the molecule is CC1CCN(c2cc(B(O)O)ccn2)CC1. The van der Waals surface area contributed by atoms with Crippen LogP contribution in [-0.2, 0) is 0 Å². The largest absolute Gasteiger partial charge is 0.488 e. The van der Waals surface area contributed by atoms with Gasteiger partial charge in [0.1, 0.15) is 5.82 Å². The molecule has 1 aromatic rings. The molecule has 1 aliphatic rings. The number of anilines is 1. The average Bonchev–Trinajstić information content (AvgIpc) is 2.30. The number of aromatic nitrogens is 1. The molecule has 0 radical (unpaired) electrons. The molecule has 1 aromatic heterocycles. The highest BCUT2D eigenvalue weighted by atomic mass is 16.4. The molecule has 1 aliphatic heterocycles. The van der Waals surface area contributed by atoms with Gasteiger partial charge in [-0.15, -0.1) is 0 Å². The number of piperidine rings is 1. The van der Waals surface area contributed by atoms with E-state index in [0.717, 1.165) is 24.8 Å². The van der Waals surface area contributed by atoms with E-state index >= 15 is 0 Å². The van der Waals surface area contributed by atoms with Crippen molar-refractivity contribution in [1.82, 2.24) is 4.98 Å². The quantitative estimate of drug-likeness (QED) is 0.688. The zero-order valence-electron chi connectivity index (χ0n) is 9.50. The van der Waals surface area contributed by atoms with Gasteiger partial charge in [-0.05, 0) is 36.4 Å². The summed E-state index contributed by atoms with van der Waals surface area (Å²) >= 11 is 0. The van der Waals surface area contributed by atoms with Crippen LogP contribution in [0.25, 0.3) is 0 Å². The topological polar surface area (TPSA) is 56.6 Å². The Morgan fingerprint density at radius 1 is 1.38 bits per heavy atom. The smallest absolute Gasteiger partial charge is 0.423 e. The van der Waals surface area contributed by atoms with E-state index in [2.05, 4.69) is 16.8 Å². The van der Waals surface area contributed by atoms with Crippen molar-refractivity contribution in [3.8, 4) is 0 Å². The summed E-state index contributed by atoms with van der Waals surface area (Å²) in [5.74, 6) is 1.63. The van der Waals surface area contributed by atoms with Gasteiger partial charge >= 0.3 is 7.12 Å². The highest BCUT2D eigenvalue weighted by molar-refractivity contribution is 6.58. The predicted octanol–water partition coefficient (Wildman–Crippen LogP) is -0.00230. The summed E-state index contributed by atoms with van der Waals surface area (Å²) in [6.45, 7) is 4.26. The van der Waals surface area contributed by atoms with Gasteiger partial charge in [0, 0.05) is 19.3 Å². The Labute approximate surface area is 96.1 Å². The molecule has 0 amide bonds. The van der Waals surface area contributed by atoms with Crippen LogP contribution in [0, 0.1) is 5.92 Å². The van der Waals surface area contributed by atoms with Crippen molar-refractivity contribution >= 4 is 18.4 Å². The van der Waals surface area contributed by atoms with Crippen molar-refractivity contribution in [2.45, 2.75) is 19.8 Å². The van der Waals surface area contributed by atoms with E-state index in [9.17, 15) is 0 Å². The maximum Gasteiger partial charge on any atom is 0.488 e. The Morgan fingerprint density at radius 3 is 2.69 bits per heavy atom. The van der Waals surface area contributed by atoms with Gasteiger partial charge in [-0.3, -0.25) is 0 Å². The lowest BCUT2D eigenvalue weighted by atomic mass is 9.81. The molecule has 0 aromatic carbocycles. The number of nitrogens with zero attached hydrogens (tertiary/aromatic N) is 2. The molecule has 16 heavy (non-hydrogen) atoms. The Morgan fingerprint density at radius 2 is 2.06 bits per heavy atom. The van der Waals surface area contributed by atoms with Crippen molar-refractivity contribution in [3.05, 3.63) is 18.3 Å². The molecule has 86 valence electrons. The summed E-state index contributed by atoms with van der Waals surface area (Å²) in [5, 5.41) is 18.2. The zero-order valence-corrected chi connectivity index (χ0v) is 9.50. The summed E-state index contributed by atoms with van der Waals surface area (Å²) in [4.78, 5) is 6.47. The van der Waals surface area contributed by atoms with Crippen LogP contribution in [0.15, 0.2) is 18.3 Å². The molecule has 0 unspecified atom stereocenters. The molecule has 0 aliphatic carbocycles. The van der Waals surface area contributed by atoms with Gasteiger partial charge in [0.2, 0.25) is 0 Å². The van der Waals surface area contributed by atoms with E-state index in [1.807, 2.05) is 0 Å². The molecule has 5 heteroatoms. The summed E-state index contributed by atoms with van der Waals surface area (Å²) in [6.07, 6.45) is 3.98. The average molecular weight is 220 g/mol. The third kappa shape index (κ3) is 2.54. The molecule has 1 fully saturated rings. The Kier molecular flexibility index (Phi) is 3.46. The molecule has 2 heterocycles. The normalized spacial score (nSPS) is 17.6. The minimum Gasteiger partial charge on any atom is -0.423 e. The Hall–Kier alpha value is -1.07. The number of pyridine rings is 1. The van der Waals surface area contributed by atoms with E-state index in [-0.39, 0.29) is 0 Å². The lowest BCUT2D eigenvalue weighted by molar-refractivity contribution is 0.425. The van der Waals surface area contributed by atoms with E-state index in [1.165, 1.54) is 12.8 Å². The third-order valence-corrected chi connectivity index (χ3v) is 3.18. The standard InChI is InChI=1S/C11H17BN2O2/c1-9-3-6-14(7-4-9)11-8-10(12(15)16)2-5-13-11/h2,5,8-9,15-16H,3-4,6-7H2,1H3. The molecular weight excluding hydrogens is 203 g/mol. The van der Waals surface area contributed by atoms with Crippen LogP contribution in [-0.4, -0.2) is 35.2 Å². The molecule has 0 atom stereocenters. The first-order valence-electron chi connectivity index (χ1n) is 5.74. The van der Waals surface area contributed by atoms with Crippen molar-refractivity contribution in [3.63, 3.8) is 0 Å². The molecule has 2 N–H and O–H groups in total. The van der Waals surface area contributed by atoms with E-state index in [4.69, 9.17) is 10.0 Å². The highest BCUT2D eigenvalue weighted by Crippen LogP contribution is 2.20. The van der Waals surface area contributed by atoms with Crippen LogP contribution < -0.4 is 10.4 Å². The summed E-state index contributed by atoms with van der Waals surface area (Å²) in [6, 6.07) is 3.38. The van der Waals surface area contributed by atoms with Crippen molar-refractivity contribution in [2.24, 2.45) is 5.92 Å². The molecule has 2 rings (SSSR count).